The van der Waals surface area contributed by atoms with Crippen LogP contribution in [0.25, 0.3) is 0 Å². The topological polar surface area (TPSA) is 29.3 Å². The molecule has 0 aromatic heterocycles. The number of nitrogens with two attached hydrogens (primary N) is 1. The van der Waals surface area contributed by atoms with Crippen LogP contribution < -0.4 is 5.73 Å². The Balaban J connectivity index is 1.88. The van der Waals surface area contributed by atoms with Crippen molar-refractivity contribution in [1.29, 1.82) is 0 Å². The van der Waals surface area contributed by atoms with Gasteiger partial charge in [-0.05, 0) is 37.6 Å². The van der Waals surface area contributed by atoms with Gasteiger partial charge in [0.15, 0.2) is 0 Å². The van der Waals surface area contributed by atoms with E-state index in [1.807, 2.05) is 0 Å². The smallest absolute Gasteiger partial charge is 0.0283 e. The van der Waals surface area contributed by atoms with E-state index in [0.29, 0.717) is 5.41 Å². The maximum atomic E-state index is 6.54. The number of hydrogen-bond donors (Lipinski definition) is 1. The summed E-state index contributed by atoms with van der Waals surface area (Å²) < 4.78 is 0. The standard InChI is InChI=1S/C14H28N2/c1-13(2)7-6-10-16(11-13)12-14(15)8-4-3-5-9-14/h3-12,15H2,1-2H3. The Morgan fingerprint density at radius 2 is 1.69 bits per heavy atom. The maximum absolute atomic E-state index is 6.54. The molecule has 2 fully saturated rings. The van der Waals surface area contributed by atoms with Crippen molar-refractivity contribution in [1.82, 2.24) is 4.90 Å². The lowest BCUT2D eigenvalue weighted by atomic mass is 9.79. The number of rotatable bonds is 2. The zero-order valence-corrected chi connectivity index (χ0v) is 11.1. The van der Waals surface area contributed by atoms with Gasteiger partial charge in [0, 0.05) is 18.6 Å². The third kappa shape index (κ3) is 3.21. The first-order chi connectivity index (χ1) is 7.49. The molecule has 1 saturated heterocycles. The van der Waals surface area contributed by atoms with Gasteiger partial charge in [0.1, 0.15) is 0 Å². The van der Waals surface area contributed by atoms with E-state index in [-0.39, 0.29) is 5.54 Å². The van der Waals surface area contributed by atoms with Crippen molar-refractivity contribution in [3.05, 3.63) is 0 Å². The summed E-state index contributed by atoms with van der Waals surface area (Å²) in [7, 11) is 0. The fraction of sp³-hybridized carbons (Fsp3) is 1.00. The molecule has 1 heterocycles. The highest BCUT2D eigenvalue weighted by Gasteiger charge is 2.33. The van der Waals surface area contributed by atoms with Crippen LogP contribution in [0.1, 0.15) is 58.8 Å². The van der Waals surface area contributed by atoms with Gasteiger partial charge in [0.25, 0.3) is 0 Å². The summed E-state index contributed by atoms with van der Waals surface area (Å²) in [6, 6.07) is 0. The molecule has 0 aromatic rings. The van der Waals surface area contributed by atoms with E-state index in [9.17, 15) is 0 Å². The molecule has 2 aliphatic rings. The molecule has 0 atom stereocenters. The van der Waals surface area contributed by atoms with Crippen LogP contribution >= 0.6 is 0 Å². The molecule has 2 heteroatoms. The van der Waals surface area contributed by atoms with Crippen molar-refractivity contribution < 1.29 is 0 Å². The van der Waals surface area contributed by atoms with E-state index in [1.54, 1.807) is 0 Å². The summed E-state index contributed by atoms with van der Waals surface area (Å²) in [5.74, 6) is 0. The van der Waals surface area contributed by atoms with Crippen molar-refractivity contribution in [2.45, 2.75) is 64.3 Å². The van der Waals surface area contributed by atoms with Crippen molar-refractivity contribution in [2.75, 3.05) is 19.6 Å². The average molecular weight is 224 g/mol. The summed E-state index contributed by atoms with van der Waals surface area (Å²) in [4.78, 5) is 2.62. The summed E-state index contributed by atoms with van der Waals surface area (Å²) in [6.07, 6.45) is 9.28. The first-order valence-corrected chi connectivity index (χ1v) is 7.01. The summed E-state index contributed by atoms with van der Waals surface area (Å²) >= 11 is 0. The summed E-state index contributed by atoms with van der Waals surface area (Å²) in [5.41, 5.74) is 7.17. The van der Waals surface area contributed by atoms with Crippen LogP contribution in [0.4, 0.5) is 0 Å². The highest BCUT2D eigenvalue weighted by atomic mass is 15.2. The van der Waals surface area contributed by atoms with Gasteiger partial charge in [-0.15, -0.1) is 0 Å². The Morgan fingerprint density at radius 3 is 2.31 bits per heavy atom. The van der Waals surface area contributed by atoms with Crippen molar-refractivity contribution in [3.63, 3.8) is 0 Å². The van der Waals surface area contributed by atoms with Crippen molar-refractivity contribution in [3.8, 4) is 0 Å². The normalized spacial score (nSPS) is 30.2. The van der Waals surface area contributed by atoms with E-state index in [1.165, 1.54) is 58.0 Å². The molecule has 94 valence electrons. The molecule has 0 bridgehead atoms. The van der Waals surface area contributed by atoms with Crippen LogP contribution in [0, 0.1) is 5.41 Å². The molecular weight excluding hydrogens is 196 g/mol. The molecule has 0 aromatic carbocycles. The second kappa shape index (κ2) is 4.66. The molecule has 1 aliphatic heterocycles. The molecule has 1 aliphatic carbocycles. The molecule has 0 radical (unpaired) electrons. The van der Waals surface area contributed by atoms with Gasteiger partial charge < -0.3 is 10.6 Å². The van der Waals surface area contributed by atoms with Crippen LogP contribution in [0.15, 0.2) is 0 Å². The third-order valence-corrected chi connectivity index (χ3v) is 4.37. The molecule has 2 N–H and O–H groups in total. The zero-order chi connectivity index (χ0) is 11.6. The first-order valence-electron chi connectivity index (χ1n) is 7.01. The van der Waals surface area contributed by atoms with E-state index >= 15 is 0 Å². The minimum absolute atomic E-state index is 0.131. The first kappa shape index (κ1) is 12.4. The van der Waals surface area contributed by atoms with Crippen LogP contribution in [0.3, 0.4) is 0 Å². The third-order valence-electron chi connectivity index (χ3n) is 4.37. The average Bonchev–Trinajstić information content (AvgIpc) is 2.16. The summed E-state index contributed by atoms with van der Waals surface area (Å²) in [5, 5.41) is 0. The lowest BCUT2D eigenvalue weighted by Gasteiger charge is -2.43. The van der Waals surface area contributed by atoms with Crippen molar-refractivity contribution in [2.24, 2.45) is 11.1 Å². The number of nitrogens with zero attached hydrogens (tertiary/aromatic N) is 1. The van der Waals surface area contributed by atoms with Crippen LogP contribution in [-0.4, -0.2) is 30.1 Å². The Labute approximate surface area is 101 Å². The molecule has 2 nitrogen and oxygen atoms in total. The minimum atomic E-state index is 0.131. The number of hydrogen-bond acceptors (Lipinski definition) is 2. The highest BCUT2D eigenvalue weighted by molar-refractivity contribution is 4.92. The van der Waals surface area contributed by atoms with Crippen LogP contribution in [0.5, 0.6) is 0 Å². The van der Waals surface area contributed by atoms with Gasteiger partial charge >= 0.3 is 0 Å². The van der Waals surface area contributed by atoms with Crippen LogP contribution in [0.2, 0.25) is 0 Å². The number of piperidine rings is 1. The lowest BCUT2D eigenvalue weighted by Crippen LogP contribution is -2.54. The predicted octanol–water partition coefficient (Wildman–Crippen LogP) is 2.77. The molecular formula is C14H28N2. The minimum Gasteiger partial charge on any atom is -0.324 e. The Bertz CT molecular complexity index is 229. The second-order valence-corrected chi connectivity index (χ2v) is 6.90. The fourth-order valence-electron chi connectivity index (χ4n) is 3.54. The Hall–Kier alpha value is -0.0800. The van der Waals surface area contributed by atoms with Gasteiger partial charge in [0.05, 0.1) is 0 Å². The van der Waals surface area contributed by atoms with Crippen molar-refractivity contribution >= 4 is 0 Å². The molecule has 0 unspecified atom stereocenters. The highest BCUT2D eigenvalue weighted by Crippen LogP contribution is 2.32. The summed E-state index contributed by atoms with van der Waals surface area (Å²) in [6.45, 7) is 8.43. The van der Waals surface area contributed by atoms with Crippen LogP contribution in [-0.2, 0) is 0 Å². The fourth-order valence-corrected chi connectivity index (χ4v) is 3.54. The molecule has 1 saturated carbocycles. The predicted molar refractivity (Wildman–Crippen MR) is 69.5 cm³/mol. The lowest BCUT2D eigenvalue weighted by molar-refractivity contribution is 0.0836. The SMILES string of the molecule is CC1(C)CCCN(CC2(N)CCCCC2)C1. The van der Waals surface area contributed by atoms with Gasteiger partial charge in [-0.25, -0.2) is 0 Å². The Morgan fingerprint density at radius 1 is 1.00 bits per heavy atom. The monoisotopic (exact) mass is 224 g/mol. The van der Waals surface area contributed by atoms with E-state index < -0.39 is 0 Å². The largest absolute Gasteiger partial charge is 0.324 e. The van der Waals surface area contributed by atoms with Gasteiger partial charge in [-0.2, -0.15) is 0 Å². The van der Waals surface area contributed by atoms with Gasteiger partial charge in [0.2, 0.25) is 0 Å². The second-order valence-electron chi connectivity index (χ2n) is 6.90. The molecule has 0 spiro atoms. The maximum Gasteiger partial charge on any atom is 0.0283 e. The van der Waals surface area contributed by atoms with Gasteiger partial charge in [-0.1, -0.05) is 33.1 Å². The zero-order valence-electron chi connectivity index (χ0n) is 11.1. The quantitative estimate of drug-likeness (QED) is 0.781. The molecule has 2 rings (SSSR count). The van der Waals surface area contributed by atoms with E-state index in [4.69, 9.17) is 5.73 Å². The van der Waals surface area contributed by atoms with E-state index in [0.717, 1.165) is 6.54 Å². The molecule has 16 heavy (non-hydrogen) atoms. The number of likely N-dealkylation sites (tertiary alicyclic amines) is 1. The van der Waals surface area contributed by atoms with E-state index in [2.05, 4.69) is 18.7 Å². The Kier molecular flexibility index (Phi) is 3.60. The molecule has 0 amide bonds. The van der Waals surface area contributed by atoms with Gasteiger partial charge in [-0.3, -0.25) is 0 Å².